The maximum Gasteiger partial charge on any atom is 0.225 e. The van der Waals surface area contributed by atoms with Crippen molar-refractivity contribution in [1.82, 2.24) is 20.1 Å². The van der Waals surface area contributed by atoms with E-state index >= 15 is 0 Å². The van der Waals surface area contributed by atoms with Crippen molar-refractivity contribution < 1.29 is 14.5 Å². The second kappa shape index (κ2) is 20.6. The topological polar surface area (TPSA) is 170 Å². The molecule has 0 unspecified atom stereocenters. The van der Waals surface area contributed by atoms with Crippen LogP contribution in [-0.4, -0.2) is 85.6 Å². The average Bonchev–Trinajstić information content (AvgIpc) is 3.16. The smallest absolute Gasteiger partial charge is 0.225 e. The van der Waals surface area contributed by atoms with Gasteiger partial charge in [-0.25, -0.2) is 4.98 Å². The molecule has 6 rings (SSSR count). The van der Waals surface area contributed by atoms with E-state index in [1.54, 1.807) is 31.5 Å². The summed E-state index contributed by atoms with van der Waals surface area (Å²) in [7, 11) is 3.09. The van der Waals surface area contributed by atoms with Gasteiger partial charge in [0.1, 0.15) is 20.0 Å². The zero-order valence-electron chi connectivity index (χ0n) is 30.5. The second-order valence-corrected chi connectivity index (χ2v) is 14.4. The molecule has 0 atom stereocenters. The van der Waals surface area contributed by atoms with Gasteiger partial charge in [0.25, 0.3) is 0 Å². The van der Waals surface area contributed by atoms with Crippen molar-refractivity contribution in [2.24, 2.45) is 28.1 Å². The predicted molar refractivity (Wildman–Crippen MR) is 218 cm³/mol. The summed E-state index contributed by atoms with van der Waals surface area (Å²) in [6, 6.07) is 14.8. The maximum atomic E-state index is 13.2. The summed E-state index contributed by atoms with van der Waals surface area (Å²) in [4.78, 5) is 31.8. The summed E-state index contributed by atoms with van der Waals surface area (Å²) in [6.07, 6.45) is 7.23. The van der Waals surface area contributed by atoms with Crippen LogP contribution >= 0.6 is 35.6 Å². The fraction of sp³-hybridized carbons (Fsp3) is 0.474. The third-order valence-electron chi connectivity index (χ3n) is 10.1. The molecular formula is C38H52Cl3N9O3. The number of rotatable bonds is 9. The number of hydrogen-bond acceptors (Lipinski definition) is 11. The normalized spacial score (nSPS) is 18.1. The Balaban J connectivity index is 0.000000279. The van der Waals surface area contributed by atoms with Gasteiger partial charge in [-0.05, 0) is 119 Å². The number of anilines is 3. The first kappa shape index (κ1) is 41.9. The van der Waals surface area contributed by atoms with E-state index in [4.69, 9.17) is 50.1 Å². The van der Waals surface area contributed by atoms with Crippen molar-refractivity contribution >= 4 is 70.1 Å². The molecule has 0 saturated carbocycles. The molecule has 0 aliphatic carbocycles. The number of likely N-dealkylation sites (tertiary alicyclic amines) is 2. The zero-order valence-corrected chi connectivity index (χ0v) is 32.8. The Hall–Kier alpha value is -3.81. The number of carbonyl (C=O) groups is 1. The van der Waals surface area contributed by atoms with Gasteiger partial charge in [-0.3, -0.25) is 9.69 Å². The van der Waals surface area contributed by atoms with Gasteiger partial charge in [0.2, 0.25) is 5.91 Å². The summed E-state index contributed by atoms with van der Waals surface area (Å²) < 4.78 is 0. The minimum Gasteiger partial charge on any atom is -0.399 e. The van der Waals surface area contributed by atoms with Gasteiger partial charge in [0.05, 0.1) is 11.4 Å². The van der Waals surface area contributed by atoms with Crippen molar-refractivity contribution in [2.45, 2.75) is 45.1 Å². The zero-order chi connectivity index (χ0) is 37.0. The van der Waals surface area contributed by atoms with Gasteiger partial charge in [-0.2, -0.15) is 0 Å². The molecule has 288 valence electrons. The molecule has 1 amide bonds. The maximum absolute atomic E-state index is 13.2. The third kappa shape index (κ3) is 11.6. The molecule has 3 saturated heterocycles. The third-order valence-corrected chi connectivity index (χ3v) is 10.5. The van der Waals surface area contributed by atoms with Crippen LogP contribution in [0.4, 0.5) is 17.2 Å². The molecule has 0 bridgehead atoms. The van der Waals surface area contributed by atoms with E-state index in [-0.39, 0.29) is 30.2 Å². The number of nitrogens with two attached hydrogens (primary N) is 3. The van der Waals surface area contributed by atoms with Crippen molar-refractivity contribution in [3.05, 3.63) is 81.5 Å². The number of pyridine rings is 1. The molecule has 15 heteroatoms. The Bertz CT molecular complexity index is 1710. The fourth-order valence-corrected chi connectivity index (χ4v) is 7.64. The Morgan fingerprint density at radius 1 is 0.774 bits per heavy atom. The van der Waals surface area contributed by atoms with E-state index in [1.807, 2.05) is 35.2 Å². The van der Waals surface area contributed by atoms with E-state index in [9.17, 15) is 4.79 Å². The van der Waals surface area contributed by atoms with Gasteiger partial charge in [-0.15, -0.1) is 12.4 Å². The summed E-state index contributed by atoms with van der Waals surface area (Å²) >= 11 is 12.2. The van der Waals surface area contributed by atoms with Crippen LogP contribution in [0.25, 0.3) is 0 Å². The number of piperidine rings is 3. The average molecular weight is 789 g/mol. The first-order valence-electron chi connectivity index (χ1n) is 17.9. The molecule has 53 heavy (non-hydrogen) atoms. The molecule has 1 aromatic heterocycles. The van der Waals surface area contributed by atoms with Gasteiger partial charge in [-0.1, -0.05) is 33.5 Å². The molecular weight excluding hydrogens is 737 g/mol. The lowest BCUT2D eigenvalue weighted by molar-refractivity contribution is -0.138. The van der Waals surface area contributed by atoms with Crippen LogP contribution in [0.3, 0.4) is 0 Å². The van der Waals surface area contributed by atoms with E-state index in [0.717, 1.165) is 99.4 Å². The van der Waals surface area contributed by atoms with Crippen molar-refractivity contribution in [3.8, 4) is 0 Å². The van der Waals surface area contributed by atoms with Gasteiger partial charge in [0.15, 0.2) is 0 Å². The van der Waals surface area contributed by atoms with Gasteiger partial charge >= 0.3 is 0 Å². The number of oxime groups is 2. The second-order valence-electron chi connectivity index (χ2n) is 13.5. The highest BCUT2D eigenvalue weighted by atomic mass is 35.5. The summed E-state index contributed by atoms with van der Waals surface area (Å²) in [6.45, 7) is 6.07. The Kier molecular flexibility index (Phi) is 16.3. The summed E-state index contributed by atoms with van der Waals surface area (Å²) in [5, 5.41) is 13.1. The van der Waals surface area contributed by atoms with Crippen LogP contribution in [0.5, 0.6) is 0 Å². The van der Waals surface area contributed by atoms with Crippen molar-refractivity contribution in [2.75, 3.05) is 70.7 Å². The Morgan fingerprint density at radius 2 is 1.28 bits per heavy atom. The number of carbonyl (C=O) groups excluding carboxylic acids is 1. The minimum absolute atomic E-state index is 0. The van der Waals surface area contributed by atoms with Crippen molar-refractivity contribution in [1.29, 1.82) is 0 Å². The molecule has 3 aliphatic heterocycles. The molecule has 0 radical (unpaired) electrons. The number of nitrogen functional groups attached to an aromatic ring is 3. The van der Waals surface area contributed by atoms with Crippen LogP contribution in [0.15, 0.2) is 65.0 Å². The molecule has 12 nitrogen and oxygen atoms in total. The Labute approximate surface area is 328 Å². The van der Waals surface area contributed by atoms with Crippen LogP contribution < -0.4 is 22.5 Å². The van der Waals surface area contributed by atoms with Gasteiger partial charge in [0, 0.05) is 76.1 Å². The highest BCUT2D eigenvalue weighted by Gasteiger charge is 2.33. The number of benzene rings is 2. The summed E-state index contributed by atoms with van der Waals surface area (Å²) in [5.41, 5.74) is 23.9. The summed E-state index contributed by atoms with van der Waals surface area (Å²) in [5.74, 6) is 1.44. The fourth-order valence-electron chi connectivity index (χ4n) is 7.30. The highest BCUT2D eigenvalue weighted by Crippen LogP contribution is 2.30. The molecule has 3 fully saturated rings. The van der Waals surface area contributed by atoms with Crippen LogP contribution in [0.1, 0.15) is 55.2 Å². The standard InChI is InChI=1S/C25H33ClN6O2.C13H18ClN3O.ClH/c1-34-30-24(21-15-20(26)2-3-22(21)27)18-7-12-32(13-8-18)25(33)19-5-10-31(11-6-19)16-17-4-9-29-23(28)14-17;1-18-17-13(9-4-6-16-7-5-9)11-8-10(14)2-3-12(11)15;/h2-4,9,14-15,18-19H,5-8,10-13,16,27H2,1H3,(H2,28,29);2-3,8-9,16H,4-7,15H2,1H3;1H. The van der Waals surface area contributed by atoms with E-state index in [0.29, 0.717) is 46.2 Å². The number of aromatic nitrogens is 1. The molecule has 2 aromatic carbocycles. The molecule has 3 aromatic rings. The first-order valence-corrected chi connectivity index (χ1v) is 18.7. The lowest BCUT2D eigenvalue weighted by Crippen LogP contribution is -2.46. The van der Waals surface area contributed by atoms with Crippen LogP contribution in [0.2, 0.25) is 10.0 Å². The van der Waals surface area contributed by atoms with Gasteiger partial charge < -0.3 is 37.1 Å². The first-order chi connectivity index (χ1) is 25.2. The van der Waals surface area contributed by atoms with E-state index < -0.39 is 0 Å². The lowest BCUT2D eigenvalue weighted by Gasteiger charge is -2.37. The number of halogens is 3. The van der Waals surface area contributed by atoms with Crippen LogP contribution in [-0.2, 0) is 21.0 Å². The largest absolute Gasteiger partial charge is 0.399 e. The Morgan fingerprint density at radius 3 is 1.79 bits per heavy atom. The predicted octanol–water partition coefficient (Wildman–Crippen LogP) is 6.09. The quantitative estimate of drug-likeness (QED) is 0.114. The molecule has 0 spiro atoms. The molecule has 7 N–H and O–H groups in total. The molecule has 4 heterocycles. The monoisotopic (exact) mass is 787 g/mol. The van der Waals surface area contributed by atoms with Crippen LogP contribution in [0, 0.1) is 17.8 Å². The number of hydrogen-bond donors (Lipinski definition) is 4. The SMILES string of the molecule is CON=C(c1cc(Cl)ccc1N)C1CCN(C(=O)C2CCN(Cc3ccnc(N)c3)CC2)CC1.CON=C(c1cc(Cl)ccc1N)C1CCNCC1.Cl. The lowest BCUT2D eigenvalue weighted by atomic mass is 9.86. The molecule has 3 aliphatic rings. The number of amides is 1. The highest BCUT2D eigenvalue weighted by molar-refractivity contribution is 6.31. The van der Waals surface area contributed by atoms with Crippen molar-refractivity contribution in [3.63, 3.8) is 0 Å². The number of nitrogens with zero attached hydrogens (tertiary/aromatic N) is 5. The minimum atomic E-state index is 0. The number of nitrogens with one attached hydrogen (secondary N) is 1. The van der Waals surface area contributed by atoms with E-state index in [2.05, 4.69) is 25.5 Å². The van der Waals surface area contributed by atoms with E-state index in [1.165, 1.54) is 7.11 Å².